The number of nitrogens with zero attached hydrogens (tertiary/aromatic N) is 1. The van der Waals surface area contributed by atoms with Crippen molar-refractivity contribution in [3.8, 4) is 11.3 Å². The number of rotatable bonds is 3. The largest absolute Gasteiger partial charge is 0.457 e. The smallest absolute Gasteiger partial charge is 0.270 e. The van der Waals surface area contributed by atoms with E-state index in [2.05, 4.69) is 0 Å². The minimum absolute atomic E-state index is 0.212. The molecule has 0 radical (unpaired) electrons. The monoisotopic (exact) mass is 465 g/mol. The van der Waals surface area contributed by atoms with Crippen LogP contribution < -0.4 is 4.90 Å². The predicted molar refractivity (Wildman–Crippen MR) is 121 cm³/mol. The quantitative estimate of drug-likeness (QED) is 0.299. The Morgan fingerprint density at radius 2 is 1.68 bits per heavy atom. The second-order valence-corrected chi connectivity index (χ2v) is 8.78. The third-order valence-electron chi connectivity index (χ3n) is 3.97. The average molecular weight is 467 g/mol. The van der Waals surface area contributed by atoms with Gasteiger partial charge in [-0.1, -0.05) is 58.8 Å². The highest BCUT2D eigenvalue weighted by Gasteiger charge is 2.33. The first-order valence-corrected chi connectivity index (χ1v) is 10.4. The van der Waals surface area contributed by atoms with E-state index in [0.717, 1.165) is 0 Å². The summed E-state index contributed by atoms with van der Waals surface area (Å²) >= 11 is 24.8. The van der Waals surface area contributed by atoms with Gasteiger partial charge >= 0.3 is 0 Å². The summed E-state index contributed by atoms with van der Waals surface area (Å²) in [6.07, 6.45) is 1.66. The lowest BCUT2D eigenvalue weighted by Crippen LogP contribution is -2.27. The molecule has 0 N–H and O–H groups in total. The number of thiocarbonyl (C=S) groups is 1. The molecule has 2 heterocycles. The van der Waals surface area contributed by atoms with Gasteiger partial charge in [-0.25, -0.2) is 0 Å². The molecular formula is C20H10Cl3NO2S2. The van der Waals surface area contributed by atoms with Crippen molar-refractivity contribution >= 4 is 80.8 Å². The van der Waals surface area contributed by atoms with Crippen LogP contribution in [0, 0.1) is 0 Å². The second kappa shape index (κ2) is 7.93. The van der Waals surface area contributed by atoms with E-state index in [1.807, 2.05) is 0 Å². The molecule has 0 aliphatic carbocycles. The van der Waals surface area contributed by atoms with Gasteiger partial charge in [0.2, 0.25) is 0 Å². The van der Waals surface area contributed by atoms with Gasteiger partial charge in [-0.2, -0.15) is 0 Å². The lowest BCUT2D eigenvalue weighted by atomic mass is 10.2. The summed E-state index contributed by atoms with van der Waals surface area (Å²) in [6.45, 7) is 0. The number of furan rings is 1. The lowest BCUT2D eigenvalue weighted by Gasteiger charge is -2.14. The number of amides is 1. The van der Waals surface area contributed by atoms with Gasteiger partial charge in [0.05, 0.1) is 15.6 Å². The van der Waals surface area contributed by atoms with Crippen LogP contribution in [-0.2, 0) is 4.79 Å². The van der Waals surface area contributed by atoms with E-state index in [4.69, 9.17) is 51.4 Å². The zero-order chi connectivity index (χ0) is 19.8. The Morgan fingerprint density at radius 1 is 0.964 bits per heavy atom. The van der Waals surface area contributed by atoms with Crippen LogP contribution in [0.3, 0.4) is 0 Å². The number of benzene rings is 2. The van der Waals surface area contributed by atoms with Crippen molar-refractivity contribution in [2.24, 2.45) is 0 Å². The molecule has 1 aliphatic rings. The zero-order valence-corrected chi connectivity index (χ0v) is 17.9. The third-order valence-corrected chi connectivity index (χ3v) is 6.09. The van der Waals surface area contributed by atoms with E-state index in [-0.39, 0.29) is 5.91 Å². The molecule has 4 rings (SSSR count). The molecule has 1 aromatic heterocycles. The molecule has 0 saturated carbocycles. The zero-order valence-electron chi connectivity index (χ0n) is 14.0. The van der Waals surface area contributed by atoms with Crippen molar-refractivity contribution in [3.05, 3.63) is 80.3 Å². The van der Waals surface area contributed by atoms with Crippen LogP contribution in [-0.4, -0.2) is 10.2 Å². The maximum atomic E-state index is 12.8. The molecule has 8 heteroatoms. The SMILES string of the molecule is O=C1/C(=C\c2ccc(-c3cc(Cl)ccc3Cl)o2)SC(=S)N1c1ccc(Cl)cc1. The summed E-state index contributed by atoms with van der Waals surface area (Å²) in [5.41, 5.74) is 1.35. The van der Waals surface area contributed by atoms with E-state index in [9.17, 15) is 4.79 Å². The normalized spacial score (nSPS) is 15.7. The minimum Gasteiger partial charge on any atom is -0.457 e. The fourth-order valence-corrected chi connectivity index (χ4v) is 4.46. The topological polar surface area (TPSA) is 33.5 Å². The van der Waals surface area contributed by atoms with E-state index in [0.29, 0.717) is 47.1 Å². The van der Waals surface area contributed by atoms with Crippen LogP contribution in [0.4, 0.5) is 5.69 Å². The molecule has 28 heavy (non-hydrogen) atoms. The highest BCUT2D eigenvalue weighted by Crippen LogP contribution is 2.37. The van der Waals surface area contributed by atoms with Crippen molar-refractivity contribution in [3.63, 3.8) is 0 Å². The molecule has 140 valence electrons. The molecule has 1 amide bonds. The number of carbonyl (C=O) groups is 1. The molecule has 0 unspecified atom stereocenters. The number of anilines is 1. The standard InChI is InChI=1S/C20H10Cl3NO2S2/c21-11-1-4-13(5-2-11)24-19(25)18(28-20(24)27)10-14-6-8-17(26-14)15-9-12(22)3-7-16(15)23/h1-10H/b18-10+. The van der Waals surface area contributed by atoms with Gasteiger partial charge < -0.3 is 4.42 Å². The Labute approximate surface area is 185 Å². The van der Waals surface area contributed by atoms with E-state index >= 15 is 0 Å². The van der Waals surface area contributed by atoms with Crippen molar-refractivity contribution < 1.29 is 9.21 Å². The Hall–Kier alpha value is -1.76. The second-order valence-electron chi connectivity index (χ2n) is 5.82. The molecule has 3 aromatic rings. The van der Waals surface area contributed by atoms with Gasteiger partial charge in [-0.3, -0.25) is 9.69 Å². The van der Waals surface area contributed by atoms with Crippen LogP contribution in [0.1, 0.15) is 5.76 Å². The molecule has 2 aromatic carbocycles. The summed E-state index contributed by atoms with van der Waals surface area (Å²) < 4.78 is 6.29. The summed E-state index contributed by atoms with van der Waals surface area (Å²) in [7, 11) is 0. The number of hydrogen-bond donors (Lipinski definition) is 0. The van der Waals surface area contributed by atoms with Crippen LogP contribution in [0.25, 0.3) is 17.4 Å². The first-order chi connectivity index (χ1) is 13.4. The average Bonchev–Trinajstić information content (AvgIpc) is 3.23. The molecule has 0 spiro atoms. The molecule has 3 nitrogen and oxygen atoms in total. The maximum Gasteiger partial charge on any atom is 0.270 e. The van der Waals surface area contributed by atoms with Gasteiger partial charge in [0.25, 0.3) is 5.91 Å². The minimum atomic E-state index is -0.212. The van der Waals surface area contributed by atoms with E-state index < -0.39 is 0 Å². The van der Waals surface area contributed by atoms with E-state index in [1.54, 1.807) is 60.7 Å². The van der Waals surface area contributed by atoms with Crippen molar-refractivity contribution in [1.82, 2.24) is 0 Å². The highest BCUT2D eigenvalue weighted by atomic mass is 35.5. The number of thioether (sulfide) groups is 1. The number of hydrogen-bond acceptors (Lipinski definition) is 4. The Bertz CT molecular complexity index is 1120. The lowest BCUT2D eigenvalue weighted by molar-refractivity contribution is -0.113. The molecule has 0 atom stereocenters. The summed E-state index contributed by atoms with van der Waals surface area (Å²) in [5, 5.41) is 1.67. The van der Waals surface area contributed by atoms with Crippen molar-refractivity contribution in [1.29, 1.82) is 0 Å². The fraction of sp³-hybridized carbons (Fsp3) is 0. The van der Waals surface area contributed by atoms with Gasteiger partial charge in [0, 0.05) is 21.7 Å². The fourth-order valence-electron chi connectivity index (χ4n) is 2.67. The molecule has 1 fully saturated rings. The van der Waals surface area contributed by atoms with Crippen molar-refractivity contribution in [2.45, 2.75) is 0 Å². The number of halogens is 3. The van der Waals surface area contributed by atoms with Gasteiger partial charge in [-0.05, 0) is 54.6 Å². The Balaban J connectivity index is 1.62. The molecule has 1 aliphatic heterocycles. The van der Waals surface area contributed by atoms with Crippen LogP contribution in [0.5, 0.6) is 0 Å². The molecule has 0 bridgehead atoms. The van der Waals surface area contributed by atoms with Crippen LogP contribution >= 0.6 is 58.8 Å². The predicted octanol–water partition coefficient (Wildman–Crippen LogP) is 7.31. The third kappa shape index (κ3) is 3.86. The highest BCUT2D eigenvalue weighted by molar-refractivity contribution is 8.27. The Morgan fingerprint density at radius 3 is 2.43 bits per heavy atom. The summed E-state index contributed by atoms with van der Waals surface area (Å²) in [5.74, 6) is 0.866. The van der Waals surface area contributed by atoms with Gasteiger partial charge in [0.15, 0.2) is 4.32 Å². The van der Waals surface area contributed by atoms with Gasteiger partial charge in [-0.15, -0.1) is 0 Å². The van der Waals surface area contributed by atoms with E-state index in [1.165, 1.54) is 16.7 Å². The number of carbonyl (C=O) groups excluding carboxylic acids is 1. The summed E-state index contributed by atoms with van der Waals surface area (Å²) in [4.78, 5) is 14.8. The first kappa shape index (κ1) is 19.6. The van der Waals surface area contributed by atoms with Crippen LogP contribution in [0.2, 0.25) is 15.1 Å². The van der Waals surface area contributed by atoms with Crippen molar-refractivity contribution in [2.75, 3.05) is 4.90 Å². The van der Waals surface area contributed by atoms with Crippen LogP contribution in [0.15, 0.2) is 63.9 Å². The molecular weight excluding hydrogens is 457 g/mol. The summed E-state index contributed by atoms with van der Waals surface area (Å²) in [6, 6.07) is 15.6. The molecule has 1 saturated heterocycles. The van der Waals surface area contributed by atoms with Gasteiger partial charge in [0.1, 0.15) is 11.5 Å². The maximum absolute atomic E-state index is 12.8. The first-order valence-electron chi connectivity index (χ1n) is 8.01. The Kier molecular flexibility index (Phi) is 5.54.